The molecule has 0 aliphatic heterocycles. The molecule has 0 aromatic heterocycles. The van der Waals surface area contributed by atoms with Gasteiger partial charge in [-0.3, -0.25) is 0 Å². The van der Waals surface area contributed by atoms with Crippen molar-refractivity contribution in [2.45, 2.75) is 0 Å². The number of benzene rings is 7. The number of anilines is 6. The molecule has 2 nitrogen and oxygen atoms in total. The Labute approximate surface area is 271 Å². The number of nitrogens with zero attached hydrogens (tertiary/aromatic N) is 2. The highest BCUT2D eigenvalue weighted by Crippen LogP contribution is 2.36. The first kappa shape index (κ1) is 28.6. The molecule has 0 radical (unpaired) electrons. The van der Waals surface area contributed by atoms with Crippen LogP contribution in [0.15, 0.2) is 194 Å². The zero-order valence-electron chi connectivity index (χ0n) is 25.5. The molecule has 0 spiro atoms. The Hall–Kier alpha value is -6.12. The fourth-order valence-corrected chi connectivity index (χ4v) is 5.72. The van der Waals surface area contributed by atoms with Gasteiger partial charge in [0.25, 0.3) is 0 Å². The maximum absolute atomic E-state index is 2.28. The zero-order valence-corrected chi connectivity index (χ0v) is 25.5. The lowest BCUT2D eigenvalue weighted by atomic mass is 10.0. The van der Waals surface area contributed by atoms with Gasteiger partial charge >= 0.3 is 0 Å². The summed E-state index contributed by atoms with van der Waals surface area (Å²) < 4.78 is 0. The van der Waals surface area contributed by atoms with Gasteiger partial charge < -0.3 is 9.80 Å². The van der Waals surface area contributed by atoms with Gasteiger partial charge in [0.2, 0.25) is 0 Å². The second kappa shape index (κ2) is 13.7. The van der Waals surface area contributed by atoms with Crippen LogP contribution in [0, 0.1) is 0 Å². The first-order valence-electron chi connectivity index (χ1n) is 15.6. The molecule has 0 amide bonds. The third kappa shape index (κ3) is 6.52. The Kier molecular flexibility index (Phi) is 8.51. The quantitative estimate of drug-likeness (QED) is 0.154. The minimum atomic E-state index is 1.13. The highest BCUT2D eigenvalue weighted by molar-refractivity contribution is 5.80. The van der Waals surface area contributed by atoms with Gasteiger partial charge in [0, 0.05) is 34.1 Å². The summed E-state index contributed by atoms with van der Waals surface area (Å²) in [5, 5.41) is 0. The molecule has 220 valence electrons. The van der Waals surface area contributed by atoms with E-state index in [1.165, 1.54) is 16.7 Å². The predicted octanol–water partition coefficient (Wildman–Crippen LogP) is 12.5. The average molecular weight is 591 g/mol. The van der Waals surface area contributed by atoms with E-state index >= 15 is 0 Å². The van der Waals surface area contributed by atoms with Crippen molar-refractivity contribution >= 4 is 46.3 Å². The zero-order chi connectivity index (χ0) is 31.0. The van der Waals surface area contributed by atoms with Crippen molar-refractivity contribution in [3.8, 4) is 11.1 Å². The molecular weight excluding hydrogens is 556 g/mol. The monoisotopic (exact) mass is 590 g/mol. The topological polar surface area (TPSA) is 6.48 Å². The molecule has 0 saturated heterocycles. The fourth-order valence-electron chi connectivity index (χ4n) is 5.72. The van der Waals surface area contributed by atoms with Crippen LogP contribution >= 0.6 is 0 Å². The van der Waals surface area contributed by atoms with Gasteiger partial charge in [-0.05, 0) is 95.1 Å². The Balaban J connectivity index is 1.06. The lowest BCUT2D eigenvalue weighted by molar-refractivity contribution is 1.28. The van der Waals surface area contributed by atoms with Gasteiger partial charge in [-0.15, -0.1) is 0 Å². The van der Waals surface area contributed by atoms with Gasteiger partial charge in [-0.1, -0.05) is 133 Å². The van der Waals surface area contributed by atoms with Crippen LogP contribution in [0.5, 0.6) is 0 Å². The van der Waals surface area contributed by atoms with Crippen molar-refractivity contribution in [3.63, 3.8) is 0 Å². The van der Waals surface area contributed by atoms with Gasteiger partial charge in [0.1, 0.15) is 0 Å². The van der Waals surface area contributed by atoms with Crippen molar-refractivity contribution in [2.75, 3.05) is 9.80 Å². The molecule has 0 fully saturated rings. The van der Waals surface area contributed by atoms with E-state index in [1.54, 1.807) is 0 Å². The molecule has 2 heteroatoms. The van der Waals surface area contributed by atoms with Crippen molar-refractivity contribution in [1.82, 2.24) is 0 Å². The number of hydrogen-bond donors (Lipinski definition) is 0. The minimum Gasteiger partial charge on any atom is -0.311 e. The summed E-state index contributed by atoms with van der Waals surface area (Å²) in [4.78, 5) is 4.56. The lowest BCUT2D eigenvalue weighted by Crippen LogP contribution is -2.09. The van der Waals surface area contributed by atoms with E-state index in [1.807, 2.05) is 0 Å². The Morgan fingerprint density at radius 2 is 0.478 bits per heavy atom. The van der Waals surface area contributed by atoms with Crippen molar-refractivity contribution in [2.24, 2.45) is 0 Å². The molecule has 7 aromatic rings. The Morgan fingerprint density at radius 1 is 0.239 bits per heavy atom. The molecular formula is C44H34N2. The minimum absolute atomic E-state index is 1.13. The van der Waals surface area contributed by atoms with E-state index in [0.717, 1.165) is 39.7 Å². The summed E-state index contributed by atoms with van der Waals surface area (Å²) in [5.41, 5.74) is 11.5. The van der Waals surface area contributed by atoms with Crippen LogP contribution < -0.4 is 9.80 Å². The number of hydrogen-bond acceptors (Lipinski definition) is 2. The largest absolute Gasteiger partial charge is 0.311 e. The van der Waals surface area contributed by atoms with Crippen molar-refractivity contribution < 1.29 is 0 Å². The number of para-hydroxylation sites is 4. The van der Waals surface area contributed by atoms with Crippen LogP contribution in [0.25, 0.3) is 23.3 Å². The SMILES string of the molecule is C(=Cc1ccc(N(c2ccccc2)c2ccccc2)cc1)c1ccc(-c2ccc(N(c3ccccc3)c3ccccc3)cc2)cc1. The van der Waals surface area contributed by atoms with E-state index in [9.17, 15) is 0 Å². The van der Waals surface area contributed by atoms with Crippen molar-refractivity contribution in [3.05, 3.63) is 205 Å². The van der Waals surface area contributed by atoms with Crippen LogP contribution in [0.2, 0.25) is 0 Å². The van der Waals surface area contributed by atoms with Crippen LogP contribution in [0.1, 0.15) is 11.1 Å². The summed E-state index contributed by atoms with van der Waals surface area (Å²) in [6.45, 7) is 0. The van der Waals surface area contributed by atoms with E-state index < -0.39 is 0 Å². The molecule has 0 unspecified atom stereocenters. The molecule has 0 atom stereocenters. The maximum atomic E-state index is 2.28. The third-order valence-electron chi connectivity index (χ3n) is 8.05. The average Bonchev–Trinajstić information content (AvgIpc) is 3.14. The van der Waals surface area contributed by atoms with E-state index in [-0.39, 0.29) is 0 Å². The van der Waals surface area contributed by atoms with E-state index in [0.29, 0.717) is 0 Å². The first-order valence-corrected chi connectivity index (χ1v) is 15.6. The third-order valence-corrected chi connectivity index (χ3v) is 8.05. The second-order valence-electron chi connectivity index (χ2n) is 11.1. The normalized spacial score (nSPS) is 11.0. The number of rotatable bonds is 9. The maximum Gasteiger partial charge on any atom is 0.0462 e. The molecule has 0 saturated carbocycles. The Morgan fingerprint density at radius 3 is 0.804 bits per heavy atom. The van der Waals surface area contributed by atoms with Crippen LogP contribution in [0.3, 0.4) is 0 Å². The van der Waals surface area contributed by atoms with Crippen molar-refractivity contribution in [1.29, 1.82) is 0 Å². The fraction of sp³-hybridized carbons (Fsp3) is 0. The van der Waals surface area contributed by atoms with Gasteiger partial charge in [0.15, 0.2) is 0 Å². The molecule has 46 heavy (non-hydrogen) atoms. The molecule has 7 rings (SSSR count). The standard InChI is InChI=1S/C44H34N2/c1-5-13-39(14-6-1)45(40-15-7-2-8-16-40)43-31-25-36(26-32-43)22-21-35-23-27-37(28-24-35)38-29-33-44(34-30-38)46(41-17-9-3-10-18-41)42-19-11-4-12-20-42/h1-34H. The highest BCUT2D eigenvalue weighted by Gasteiger charge is 2.13. The smallest absolute Gasteiger partial charge is 0.0462 e. The molecule has 7 aromatic carbocycles. The predicted molar refractivity (Wildman–Crippen MR) is 197 cm³/mol. The highest BCUT2D eigenvalue weighted by atomic mass is 15.1. The van der Waals surface area contributed by atoms with Gasteiger partial charge in [-0.2, -0.15) is 0 Å². The van der Waals surface area contributed by atoms with E-state index in [4.69, 9.17) is 0 Å². The summed E-state index contributed by atoms with van der Waals surface area (Å²) >= 11 is 0. The van der Waals surface area contributed by atoms with Crippen LogP contribution in [-0.2, 0) is 0 Å². The van der Waals surface area contributed by atoms with Crippen LogP contribution in [0.4, 0.5) is 34.1 Å². The first-order chi connectivity index (χ1) is 22.8. The summed E-state index contributed by atoms with van der Waals surface area (Å²) in [6.07, 6.45) is 4.34. The molecule has 0 aliphatic rings. The summed E-state index contributed by atoms with van der Waals surface area (Å²) in [5.74, 6) is 0. The van der Waals surface area contributed by atoms with Gasteiger partial charge in [-0.25, -0.2) is 0 Å². The molecule has 0 N–H and O–H groups in total. The van der Waals surface area contributed by atoms with Gasteiger partial charge in [0.05, 0.1) is 0 Å². The lowest BCUT2D eigenvalue weighted by Gasteiger charge is -2.25. The molecule has 0 heterocycles. The second-order valence-corrected chi connectivity index (χ2v) is 11.1. The van der Waals surface area contributed by atoms with Crippen LogP contribution in [-0.4, -0.2) is 0 Å². The van der Waals surface area contributed by atoms with E-state index in [2.05, 4.69) is 216 Å². The Bertz CT molecular complexity index is 1900. The molecule has 0 aliphatic carbocycles. The summed E-state index contributed by atoms with van der Waals surface area (Å²) in [6, 6.07) is 68.3. The molecule has 0 bridgehead atoms. The summed E-state index contributed by atoms with van der Waals surface area (Å²) in [7, 11) is 0.